The molecule has 0 spiro atoms. The Kier molecular flexibility index (Phi) is 5.15. The van der Waals surface area contributed by atoms with Gasteiger partial charge < -0.3 is 5.32 Å². The molecule has 0 aromatic rings. The first-order valence-corrected chi connectivity index (χ1v) is 5.40. The van der Waals surface area contributed by atoms with Crippen LogP contribution >= 0.6 is 0 Å². The lowest BCUT2D eigenvalue weighted by Gasteiger charge is -1.99. The minimum absolute atomic E-state index is 0.198. The van der Waals surface area contributed by atoms with Gasteiger partial charge in [-0.1, -0.05) is 13.5 Å². The molecule has 1 N–H and O–H groups in total. The predicted molar refractivity (Wildman–Crippen MR) is 47.1 cm³/mol. The van der Waals surface area contributed by atoms with Crippen molar-refractivity contribution in [3.05, 3.63) is 12.0 Å². The van der Waals surface area contributed by atoms with E-state index < -0.39 is 9.84 Å². The SMILES string of the molecule is C=CS(=O)(=O)CCCNCC. The van der Waals surface area contributed by atoms with Gasteiger partial charge >= 0.3 is 0 Å². The van der Waals surface area contributed by atoms with Crippen molar-refractivity contribution in [3.8, 4) is 0 Å². The lowest BCUT2D eigenvalue weighted by Crippen LogP contribution is -2.17. The second-order valence-corrected chi connectivity index (χ2v) is 4.31. The summed E-state index contributed by atoms with van der Waals surface area (Å²) in [6, 6.07) is 0. The molecule has 3 nitrogen and oxygen atoms in total. The number of hydrogen-bond acceptors (Lipinski definition) is 3. The smallest absolute Gasteiger partial charge is 0.171 e. The first kappa shape index (κ1) is 10.7. The van der Waals surface area contributed by atoms with Crippen LogP contribution in [0.2, 0.25) is 0 Å². The zero-order valence-corrected chi connectivity index (χ0v) is 7.65. The molecule has 4 heteroatoms. The Morgan fingerprint density at radius 3 is 2.64 bits per heavy atom. The zero-order valence-electron chi connectivity index (χ0n) is 6.84. The fourth-order valence-corrected chi connectivity index (χ4v) is 1.37. The summed E-state index contributed by atoms with van der Waals surface area (Å²) in [5.41, 5.74) is 0. The van der Waals surface area contributed by atoms with Crippen molar-refractivity contribution in [2.24, 2.45) is 0 Å². The van der Waals surface area contributed by atoms with Gasteiger partial charge in [0.05, 0.1) is 5.75 Å². The molecule has 0 aliphatic rings. The highest BCUT2D eigenvalue weighted by Gasteiger charge is 2.02. The normalized spacial score (nSPS) is 11.4. The third-order valence-corrected chi connectivity index (χ3v) is 2.65. The molecule has 0 radical (unpaired) electrons. The van der Waals surface area contributed by atoms with Crippen LogP contribution in [0.25, 0.3) is 0 Å². The van der Waals surface area contributed by atoms with Crippen LogP contribution in [0.4, 0.5) is 0 Å². The second kappa shape index (κ2) is 5.32. The third-order valence-electron chi connectivity index (χ3n) is 1.29. The zero-order chi connectivity index (χ0) is 8.74. The molecule has 0 rings (SSSR count). The van der Waals surface area contributed by atoms with Crippen molar-refractivity contribution in [1.82, 2.24) is 5.32 Å². The minimum atomic E-state index is -2.98. The molecular weight excluding hydrogens is 162 g/mol. The molecule has 0 amide bonds. The largest absolute Gasteiger partial charge is 0.317 e. The van der Waals surface area contributed by atoms with Gasteiger partial charge in [0.15, 0.2) is 9.84 Å². The van der Waals surface area contributed by atoms with Crippen molar-refractivity contribution >= 4 is 9.84 Å². The maximum Gasteiger partial charge on any atom is 0.171 e. The topological polar surface area (TPSA) is 46.2 Å². The Bertz CT molecular complexity index is 196. The average Bonchev–Trinajstić information content (AvgIpc) is 1.99. The van der Waals surface area contributed by atoms with Gasteiger partial charge in [0.1, 0.15) is 0 Å². The summed E-state index contributed by atoms with van der Waals surface area (Å²) in [6.07, 6.45) is 0.655. The molecule has 0 aliphatic heterocycles. The maximum atomic E-state index is 10.8. The first-order valence-electron chi connectivity index (χ1n) is 3.68. The van der Waals surface area contributed by atoms with Crippen LogP contribution in [0.3, 0.4) is 0 Å². The molecule has 0 atom stereocenters. The third kappa shape index (κ3) is 6.06. The van der Waals surface area contributed by atoms with Crippen LogP contribution in [-0.4, -0.2) is 27.3 Å². The van der Waals surface area contributed by atoms with Crippen molar-refractivity contribution < 1.29 is 8.42 Å². The van der Waals surface area contributed by atoms with E-state index in [1.54, 1.807) is 0 Å². The highest BCUT2D eigenvalue weighted by atomic mass is 32.2. The minimum Gasteiger partial charge on any atom is -0.317 e. The van der Waals surface area contributed by atoms with Gasteiger partial charge in [-0.3, -0.25) is 0 Å². The summed E-state index contributed by atoms with van der Waals surface area (Å²) in [5, 5.41) is 4.06. The molecule has 0 unspecified atom stereocenters. The van der Waals surface area contributed by atoms with E-state index in [1.807, 2.05) is 6.92 Å². The molecule has 0 bridgehead atoms. The summed E-state index contributed by atoms with van der Waals surface area (Å²) >= 11 is 0. The Morgan fingerprint density at radius 2 is 2.18 bits per heavy atom. The Morgan fingerprint density at radius 1 is 1.55 bits per heavy atom. The number of sulfone groups is 1. The van der Waals surface area contributed by atoms with E-state index >= 15 is 0 Å². The van der Waals surface area contributed by atoms with Crippen molar-refractivity contribution in [2.75, 3.05) is 18.8 Å². The van der Waals surface area contributed by atoms with Gasteiger partial charge in [-0.2, -0.15) is 0 Å². The highest BCUT2D eigenvalue weighted by Crippen LogP contribution is 1.92. The predicted octanol–water partition coefficient (Wildman–Crippen LogP) is 0.544. The van der Waals surface area contributed by atoms with Gasteiger partial charge in [-0.05, 0) is 19.5 Å². The fourth-order valence-electron chi connectivity index (χ4n) is 0.658. The molecule has 11 heavy (non-hydrogen) atoms. The summed E-state index contributed by atoms with van der Waals surface area (Å²) in [5.74, 6) is 0.198. The molecular formula is C7H15NO2S. The molecule has 0 saturated carbocycles. The van der Waals surface area contributed by atoms with Crippen LogP contribution in [0.1, 0.15) is 13.3 Å². The van der Waals surface area contributed by atoms with E-state index in [9.17, 15) is 8.42 Å². The van der Waals surface area contributed by atoms with E-state index in [0.29, 0.717) is 6.42 Å². The molecule has 66 valence electrons. The quantitative estimate of drug-likeness (QED) is 0.602. The maximum absolute atomic E-state index is 10.8. The summed E-state index contributed by atoms with van der Waals surface area (Å²) in [6.45, 7) is 6.85. The second-order valence-electron chi connectivity index (χ2n) is 2.24. The molecule has 0 fully saturated rings. The number of nitrogens with one attached hydrogen (secondary N) is 1. The Balaban J connectivity index is 3.47. The van der Waals surface area contributed by atoms with Crippen LogP contribution in [0.5, 0.6) is 0 Å². The Labute approximate surface area is 68.4 Å². The van der Waals surface area contributed by atoms with E-state index in [2.05, 4.69) is 11.9 Å². The van der Waals surface area contributed by atoms with Gasteiger partial charge in [0, 0.05) is 5.41 Å². The van der Waals surface area contributed by atoms with Crippen LogP contribution in [-0.2, 0) is 9.84 Å². The molecule has 0 saturated heterocycles. The van der Waals surface area contributed by atoms with E-state index in [4.69, 9.17) is 0 Å². The van der Waals surface area contributed by atoms with Crippen molar-refractivity contribution in [1.29, 1.82) is 0 Å². The van der Waals surface area contributed by atoms with Crippen LogP contribution in [0.15, 0.2) is 12.0 Å². The van der Waals surface area contributed by atoms with Crippen LogP contribution in [0, 0.1) is 0 Å². The standard InChI is InChI=1S/C7H15NO2S/c1-3-8-6-5-7-11(9,10)4-2/h4,8H,2-3,5-7H2,1H3. The van der Waals surface area contributed by atoms with Crippen molar-refractivity contribution in [3.63, 3.8) is 0 Å². The molecule has 0 heterocycles. The average molecular weight is 177 g/mol. The fraction of sp³-hybridized carbons (Fsp3) is 0.714. The van der Waals surface area contributed by atoms with E-state index in [-0.39, 0.29) is 5.75 Å². The highest BCUT2D eigenvalue weighted by molar-refractivity contribution is 7.94. The van der Waals surface area contributed by atoms with Crippen LogP contribution < -0.4 is 5.32 Å². The summed E-state index contributed by atoms with van der Waals surface area (Å²) in [7, 11) is -2.98. The number of rotatable bonds is 6. The monoisotopic (exact) mass is 177 g/mol. The van der Waals surface area contributed by atoms with Gasteiger partial charge in [0.2, 0.25) is 0 Å². The van der Waals surface area contributed by atoms with E-state index in [1.165, 1.54) is 0 Å². The van der Waals surface area contributed by atoms with Gasteiger partial charge in [0.25, 0.3) is 0 Å². The van der Waals surface area contributed by atoms with E-state index in [0.717, 1.165) is 18.5 Å². The summed E-state index contributed by atoms with van der Waals surface area (Å²) < 4.78 is 21.6. The summed E-state index contributed by atoms with van der Waals surface area (Å²) in [4.78, 5) is 0. The molecule has 0 aliphatic carbocycles. The lowest BCUT2D eigenvalue weighted by molar-refractivity contribution is 0.598. The molecule has 0 aromatic carbocycles. The van der Waals surface area contributed by atoms with Gasteiger partial charge in [-0.15, -0.1) is 0 Å². The molecule has 0 aromatic heterocycles. The van der Waals surface area contributed by atoms with Gasteiger partial charge in [-0.25, -0.2) is 8.42 Å². The number of hydrogen-bond donors (Lipinski definition) is 1. The van der Waals surface area contributed by atoms with Crippen molar-refractivity contribution in [2.45, 2.75) is 13.3 Å². The Hall–Kier alpha value is -0.350. The first-order chi connectivity index (χ1) is 5.12. The lowest BCUT2D eigenvalue weighted by atomic mass is 10.5.